The molecule has 0 bridgehead atoms. The Hall–Kier alpha value is -0.210. The summed E-state index contributed by atoms with van der Waals surface area (Å²) in [6, 6.07) is 5.12. The Bertz CT molecular complexity index is 347. The van der Waals surface area contributed by atoms with Gasteiger partial charge in [-0.3, -0.25) is 0 Å². The minimum Gasteiger partial charge on any atom is -0.629 e. The van der Waals surface area contributed by atoms with Gasteiger partial charge in [0.2, 0.25) is 0 Å². The molecule has 0 aliphatic rings. The Kier molecular flexibility index (Phi) is 4.07. The van der Waals surface area contributed by atoms with E-state index in [-0.39, 0.29) is 10.6 Å². The van der Waals surface area contributed by atoms with Crippen LogP contribution in [0.25, 0.3) is 0 Å². The summed E-state index contributed by atoms with van der Waals surface area (Å²) in [7, 11) is 1.44. The van der Waals surface area contributed by atoms with Crippen LogP contribution in [0.1, 0.15) is 18.1 Å². The van der Waals surface area contributed by atoms with E-state index in [4.69, 9.17) is 0 Å². The van der Waals surface area contributed by atoms with Crippen LogP contribution in [0, 0.1) is 5.21 Å². The lowest BCUT2D eigenvalue weighted by atomic mass is 10.0. The molecule has 5 heteroatoms. The van der Waals surface area contributed by atoms with Gasteiger partial charge in [-0.05, 0) is 12.5 Å². The summed E-state index contributed by atoms with van der Waals surface area (Å²) in [5.74, 6) is 0. The van der Waals surface area contributed by atoms with Crippen molar-refractivity contribution in [3.05, 3.63) is 34.5 Å². The summed E-state index contributed by atoms with van der Waals surface area (Å²) in [6.07, 6.45) is 0.694. The van der Waals surface area contributed by atoms with E-state index >= 15 is 0 Å². The first-order valence-corrected chi connectivity index (χ1v) is 5.83. The fourth-order valence-electron chi connectivity index (χ4n) is 1.58. The second kappa shape index (κ2) is 4.75. The maximum absolute atomic E-state index is 11.5. The zero-order chi connectivity index (χ0) is 11.6. The summed E-state index contributed by atoms with van der Waals surface area (Å²) < 4.78 is -1.96. The van der Waals surface area contributed by atoms with Crippen molar-refractivity contribution in [3.8, 4) is 0 Å². The van der Waals surface area contributed by atoms with Crippen molar-refractivity contribution in [3.63, 3.8) is 0 Å². The van der Waals surface area contributed by atoms with Crippen molar-refractivity contribution in [2.45, 2.75) is 17.1 Å². The van der Waals surface area contributed by atoms with Crippen LogP contribution in [0.3, 0.4) is 0 Å². The molecule has 1 aromatic carbocycles. The predicted molar refractivity (Wildman–Crippen MR) is 53.2 cm³/mol. The molecule has 84 valence electrons. The molecule has 0 heterocycles. The first-order valence-electron chi connectivity index (χ1n) is 4.66. The van der Waals surface area contributed by atoms with Gasteiger partial charge in [-0.1, -0.05) is 19.1 Å². The van der Waals surface area contributed by atoms with Gasteiger partial charge in [0.15, 0.2) is 0 Å². The van der Waals surface area contributed by atoms with Gasteiger partial charge in [0.25, 0.3) is 0 Å². The number of aryl methyl sites for hydroxylation is 1. The zero-order valence-corrected chi connectivity index (χ0v) is 11.0. The van der Waals surface area contributed by atoms with E-state index in [1.165, 1.54) is 29.6 Å². The first-order chi connectivity index (χ1) is 6.88. The number of hydrogen-bond donors (Lipinski definition) is 3. The van der Waals surface area contributed by atoms with Gasteiger partial charge in [-0.2, -0.15) is 0 Å². The fourth-order valence-corrected chi connectivity index (χ4v) is 2.07. The Morgan fingerprint density at radius 3 is 2.47 bits per heavy atom. The molecule has 3 N–H and O–H groups in total. The molecule has 1 aromatic rings. The van der Waals surface area contributed by atoms with Crippen LogP contribution < -0.4 is 27.7 Å². The fraction of sp³-hybridized carbons (Fsp3) is 0.400. The molecule has 0 aliphatic heterocycles. The number of aliphatic hydroxyl groups is 2. The van der Waals surface area contributed by atoms with Crippen LogP contribution in [-0.4, -0.2) is 17.3 Å². The number of hydroxylamine groups is 1. The topological polar surface area (TPSA) is 68.0 Å². The van der Waals surface area contributed by atoms with E-state index in [1.54, 1.807) is 12.1 Å². The first kappa shape index (κ1) is 12.9. The molecule has 1 rings (SSSR count). The summed E-state index contributed by atoms with van der Waals surface area (Å²) >= 11 is 1.18. The van der Waals surface area contributed by atoms with E-state index in [1.807, 2.05) is 13.0 Å². The monoisotopic (exact) mass is 324 g/mol. The van der Waals surface area contributed by atoms with Crippen LogP contribution in [0.2, 0.25) is 0 Å². The molecule has 1 unspecified atom stereocenters. The summed E-state index contributed by atoms with van der Waals surface area (Å²) in [5, 5.41) is 30.4. The number of benzene rings is 1. The molecule has 0 saturated carbocycles. The minimum absolute atomic E-state index is 0.140. The predicted octanol–water partition coefficient (Wildman–Crippen LogP) is -3.73. The van der Waals surface area contributed by atoms with Gasteiger partial charge in [0.1, 0.15) is 11.3 Å². The van der Waals surface area contributed by atoms with Crippen LogP contribution in [0.4, 0.5) is 5.69 Å². The molecule has 0 amide bonds. The highest BCUT2D eigenvalue weighted by molar-refractivity contribution is 5.48. The maximum Gasteiger partial charge on any atom is 0.399 e. The molecule has 0 fully saturated rings. The second-order valence-corrected chi connectivity index (χ2v) is 4.98. The van der Waals surface area contributed by atoms with Gasteiger partial charge in [-0.15, -0.1) is 0 Å². The number of hydrogen-bond acceptors (Lipinski definition) is 3. The lowest BCUT2D eigenvalue weighted by Gasteiger charge is -2.22. The van der Waals surface area contributed by atoms with Crippen molar-refractivity contribution in [2.24, 2.45) is 0 Å². The number of rotatable bonds is 3. The molecule has 0 aromatic heterocycles. The number of halogens is 1. The molecule has 0 aliphatic carbocycles. The standard InChI is InChI=1S/C10H15INO3/c1-3-7-5-4-6-8(10(11,13)14)9(7)12(2)15/h4-6,11-14H,3H2,1-2H3/q+1. The quantitative estimate of drug-likeness (QED) is 0.232. The molecule has 4 nitrogen and oxygen atoms in total. The van der Waals surface area contributed by atoms with Gasteiger partial charge in [0, 0.05) is 5.56 Å². The van der Waals surface area contributed by atoms with E-state index < -0.39 is 3.79 Å². The second-order valence-electron chi connectivity index (χ2n) is 3.36. The van der Waals surface area contributed by atoms with Crippen LogP contribution in [-0.2, 0) is 10.2 Å². The summed E-state index contributed by atoms with van der Waals surface area (Å²) in [5.41, 5.74) is 1.55. The Balaban J connectivity index is 3.39. The average Bonchev–Trinajstić information content (AvgIpc) is 2.15. The van der Waals surface area contributed by atoms with E-state index in [0.717, 1.165) is 5.56 Å². The highest BCUT2D eigenvalue weighted by Gasteiger charge is 2.37. The molecule has 15 heavy (non-hydrogen) atoms. The van der Waals surface area contributed by atoms with Crippen molar-refractivity contribution in [2.75, 3.05) is 7.05 Å². The normalized spacial score (nSPS) is 14.0. The van der Waals surface area contributed by atoms with Crippen molar-refractivity contribution in [1.29, 1.82) is 0 Å². The Labute approximate surface area is 102 Å². The number of alkyl halides is 1. The third kappa shape index (κ3) is 2.88. The largest absolute Gasteiger partial charge is 0.629 e. The molecular formula is C10H15INO3+. The zero-order valence-electron chi connectivity index (χ0n) is 8.65. The van der Waals surface area contributed by atoms with E-state index in [2.05, 4.69) is 0 Å². The lowest BCUT2D eigenvalue weighted by molar-refractivity contribution is -0.754. The molecular weight excluding hydrogens is 309 g/mol. The maximum atomic E-state index is 11.5. The Morgan fingerprint density at radius 2 is 2.07 bits per heavy atom. The van der Waals surface area contributed by atoms with E-state index in [0.29, 0.717) is 12.1 Å². The van der Waals surface area contributed by atoms with Gasteiger partial charge < -0.3 is 20.5 Å². The number of quaternary nitrogens is 1. The van der Waals surface area contributed by atoms with Crippen molar-refractivity contribution < 1.29 is 37.9 Å². The van der Waals surface area contributed by atoms with Crippen LogP contribution >= 0.6 is 0 Å². The highest BCUT2D eigenvalue weighted by Crippen LogP contribution is 2.22. The Morgan fingerprint density at radius 1 is 1.47 bits per heavy atom. The van der Waals surface area contributed by atoms with Crippen molar-refractivity contribution in [1.82, 2.24) is 0 Å². The number of para-hydroxylation sites is 1. The highest BCUT2D eigenvalue weighted by atomic mass is 127. The SMILES string of the molecule is CCc1cccc(C(O)(O)[IH+])c1[NH+](C)[O-]. The van der Waals surface area contributed by atoms with Gasteiger partial charge >= 0.3 is 26.4 Å². The smallest absolute Gasteiger partial charge is 0.399 e. The molecule has 0 saturated heterocycles. The third-order valence-electron chi connectivity index (χ3n) is 2.23. The molecule has 0 spiro atoms. The minimum atomic E-state index is -1.96. The molecule has 1 atom stereocenters. The van der Waals surface area contributed by atoms with Crippen LogP contribution in [0.5, 0.6) is 0 Å². The van der Waals surface area contributed by atoms with E-state index in [9.17, 15) is 15.4 Å². The molecule has 0 radical (unpaired) electrons. The average molecular weight is 324 g/mol. The van der Waals surface area contributed by atoms with Crippen molar-refractivity contribution >= 4 is 5.69 Å². The lowest BCUT2D eigenvalue weighted by Crippen LogP contribution is -3.42. The number of nitrogens with one attached hydrogen (secondary N) is 1. The summed E-state index contributed by atoms with van der Waals surface area (Å²) in [4.78, 5) is 0. The summed E-state index contributed by atoms with van der Waals surface area (Å²) in [6.45, 7) is 1.93. The van der Waals surface area contributed by atoms with Crippen LogP contribution in [0.15, 0.2) is 18.2 Å². The van der Waals surface area contributed by atoms with Gasteiger partial charge in [-0.25, -0.2) is 0 Å². The van der Waals surface area contributed by atoms with Gasteiger partial charge in [0.05, 0.1) is 7.05 Å². The third-order valence-corrected chi connectivity index (χ3v) is 2.86.